The summed E-state index contributed by atoms with van der Waals surface area (Å²) in [5, 5.41) is 9.07. The molecule has 0 aromatic heterocycles. The predicted octanol–water partition coefficient (Wildman–Crippen LogP) is 2.37. The van der Waals surface area contributed by atoms with Gasteiger partial charge in [-0.2, -0.15) is 0 Å². The van der Waals surface area contributed by atoms with Gasteiger partial charge in [0.1, 0.15) is 0 Å². The molecular weight excluding hydrogens is 264 g/mol. The second kappa shape index (κ2) is 6.06. The van der Waals surface area contributed by atoms with Crippen LogP contribution < -0.4 is 4.90 Å². The molecule has 4 nitrogen and oxygen atoms in total. The number of hydrogen-bond acceptors (Lipinski definition) is 3. The lowest BCUT2D eigenvalue weighted by Gasteiger charge is -2.28. The third kappa shape index (κ3) is 3.76. The number of carboxylic acid groups (broad SMARTS) is 1. The van der Waals surface area contributed by atoms with E-state index in [0.717, 1.165) is 26.1 Å². The standard InChI is InChI=1S/C17H24N2O2/c1-18-8-2-3-15-9-14(6-7-16(15)18)11-19(12-17(20)21)10-13-4-5-13/h6-7,9,13H,2-5,8,10-12H2,1H3,(H,20,21). The molecule has 1 aliphatic carbocycles. The maximum atomic E-state index is 11.0. The Balaban J connectivity index is 1.71. The largest absolute Gasteiger partial charge is 0.480 e. The van der Waals surface area contributed by atoms with Crippen LogP contribution in [0.25, 0.3) is 0 Å². The number of nitrogens with zero attached hydrogens (tertiary/aromatic N) is 2. The van der Waals surface area contributed by atoms with Gasteiger partial charge in [-0.1, -0.05) is 12.1 Å². The lowest BCUT2D eigenvalue weighted by atomic mass is 9.99. The van der Waals surface area contributed by atoms with Gasteiger partial charge >= 0.3 is 5.97 Å². The smallest absolute Gasteiger partial charge is 0.317 e. The molecule has 4 heteroatoms. The van der Waals surface area contributed by atoms with Crippen molar-refractivity contribution >= 4 is 11.7 Å². The van der Waals surface area contributed by atoms with Crippen LogP contribution in [-0.4, -0.2) is 42.7 Å². The molecule has 0 bridgehead atoms. The number of hydrogen-bond donors (Lipinski definition) is 1. The van der Waals surface area contributed by atoms with Gasteiger partial charge in [0.05, 0.1) is 6.54 Å². The predicted molar refractivity (Wildman–Crippen MR) is 83.7 cm³/mol. The zero-order chi connectivity index (χ0) is 14.8. The number of benzene rings is 1. The van der Waals surface area contributed by atoms with Crippen LogP contribution in [0.2, 0.25) is 0 Å². The van der Waals surface area contributed by atoms with Crippen molar-refractivity contribution in [1.82, 2.24) is 4.90 Å². The molecule has 1 saturated carbocycles. The van der Waals surface area contributed by atoms with Crippen molar-refractivity contribution in [3.8, 4) is 0 Å². The van der Waals surface area contributed by atoms with E-state index in [1.54, 1.807) is 0 Å². The lowest BCUT2D eigenvalue weighted by Crippen LogP contribution is -2.31. The molecule has 0 radical (unpaired) electrons. The molecule has 2 aliphatic rings. The quantitative estimate of drug-likeness (QED) is 0.873. The number of aliphatic carboxylic acids is 1. The van der Waals surface area contributed by atoms with Crippen LogP contribution in [0, 0.1) is 5.92 Å². The highest BCUT2D eigenvalue weighted by Gasteiger charge is 2.25. The molecule has 1 fully saturated rings. The monoisotopic (exact) mass is 288 g/mol. The Morgan fingerprint density at radius 3 is 2.95 bits per heavy atom. The molecule has 1 aromatic carbocycles. The molecule has 0 atom stereocenters. The second-order valence-electron chi connectivity index (χ2n) is 6.49. The van der Waals surface area contributed by atoms with Crippen molar-refractivity contribution in [1.29, 1.82) is 0 Å². The summed E-state index contributed by atoms with van der Waals surface area (Å²) < 4.78 is 0. The summed E-state index contributed by atoms with van der Waals surface area (Å²) in [6.07, 6.45) is 4.85. The first-order valence-corrected chi connectivity index (χ1v) is 7.89. The Bertz CT molecular complexity index is 526. The Morgan fingerprint density at radius 2 is 2.24 bits per heavy atom. The third-order valence-corrected chi connectivity index (χ3v) is 4.47. The van der Waals surface area contributed by atoms with Crippen molar-refractivity contribution in [2.45, 2.75) is 32.2 Å². The highest BCUT2D eigenvalue weighted by Crippen LogP contribution is 2.31. The molecule has 1 aromatic rings. The molecule has 0 unspecified atom stereocenters. The average molecular weight is 288 g/mol. The Morgan fingerprint density at radius 1 is 1.43 bits per heavy atom. The van der Waals surface area contributed by atoms with E-state index in [1.807, 2.05) is 0 Å². The Labute approximate surface area is 126 Å². The molecule has 1 N–H and O–H groups in total. The molecule has 114 valence electrons. The second-order valence-corrected chi connectivity index (χ2v) is 6.49. The minimum Gasteiger partial charge on any atom is -0.480 e. The highest BCUT2D eigenvalue weighted by atomic mass is 16.4. The fourth-order valence-corrected chi connectivity index (χ4v) is 3.24. The number of fused-ring (bicyclic) bond motifs is 1. The van der Waals surface area contributed by atoms with Gasteiger partial charge in [0.2, 0.25) is 0 Å². The van der Waals surface area contributed by atoms with Gasteiger partial charge in [0.15, 0.2) is 0 Å². The van der Waals surface area contributed by atoms with Crippen LogP contribution in [0.3, 0.4) is 0 Å². The molecule has 1 aliphatic heterocycles. The van der Waals surface area contributed by atoms with E-state index < -0.39 is 5.97 Å². The van der Waals surface area contributed by atoms with Gasteiger partial charge < -0.3 is 10.0 Å². The van der Waals surface area contributed by atoms with E-state index in [2.05, 4.69) is 35.0 Å². The van der Waals surface area contributed by atoms with Crippen molar-refractivity contribution in [3.05, 3.63) is 29.3 Å². The molecule has 1 heterocycles. The first kappa shape index (κ1) is 14.4. The topological polar surface area (TPSA) is 43.8 Å². The Hall–Kier alpha value is -1.55. The first-order chi connectivity index (χ1) is 10.1. The molecule has 21 heavy (non-hydrogen) atoms. The third-order valence-electron chi connectivity index (χ3n) is 4.47. The SMILES string of the molecule is CN1CCCc2cc(CN(CC(=O)O)CC3CC3)ccc21. The summed E-state index contributed by atoms with van der Waals surface area (Å²) >= 11 is 0. The summed E-state index contributed by atoms with van der Waals surface area (Å²) in [4.78, 5) is 15.4. The van der Waals surface area contributed by atoms with Crippen molar-refractivity contribution in [2.24, 2.45) is 5.92 Å². The van der Waals surface area contributed by atoms with E-state index in [4.69, 9.17) is 5.11 Å². The van der Waals surface area contributed by atoms with E-state index in [0.29, 0.717) is 5.92 Å². The van der Waals surface area contributed by atoms with Gasteiger partial charge in [-0.15, -0.1) is 0 Å². The van der Waals surface area contributed by atoms with Gasteiger partial charge in [-0.05, 0) is 48.8 Å². The van der Waals surface area contributed by atoms with E-state index >= 15 is 0 Å². The van der Waals surface area contributed by atoms with Gasteiger partial charge in [0.25, 0.3) is 0 Å². The maximum absolute atomic E-state index is 11.0. The van der Waals surface area contributed by atoms with Crippen molar-refractivity contribution in [3.63, 3.8) is 0 Å². The van der Waals surface area contributed by atoms with Crippen molar-refractivity contribution < 1.29 is 9.90 Å². The first-order valence-electron chi connectivity index (χ1n) is 7.89. The summed E-state index contributed by atoms with van der Waals surface area (Å²) in [5.74, 6) is -0.0125. The molecule has 0 saturated heterocycles. The van der Waals surface area contributed by atoms with Crippen LogP contribution in [-0.2, 0) is 17.8 Å². The molecule has 0 spiro atoms. The lowest BCUT2D eigenvalue weighted by molar-refractivity contribution is -0.138. The number of aryl methyl sites for hydroxylation is 1. The van der Waals surface area contributed by atoms with Crippen LogP contribution in [0.15, 0.2) is 18.2 Å². The van der Waals surface area contributed by atoms with Crippen LogP contribution in [0.4, 0.5) is 5.69 Å². The minimum atomic E-state index is -0.728. The van der Waals surface area contributed by atoms with Gasteiger partial charge in [-0.25, -0.2) is 0 Å². The number of rotatable bonds is 6. The molecular formula is C17H24N2O2. The van der Waals surface area contributed by atoms with Crippen LogP contribution >= 0.6 is 0 Å². The van der Waals surface area contributed by atoms with E-state index in [9.17, 15) is 4.79 Å². The number of anilines is 1. The van der Waals surface area contributed by atoms with Gasteiger partial charge in [0, 0.05) is 32.4 Å². The normalized spacial score (nSPS) is 17.9. The maximum Gasteiger partial charge on any atom is 0.317 e. The van der Waals surface area contributed by atoms with Gasteiger partial charge in [-0.3, -0.25) is 9.69 Å². The van der Waals surface area contributed by atoms with Crippen LogP contribution in [0.1, 0.15) is 30.4 Å². The zero-order valence-electron chi connectivity index (χ0n) is 12.7. The minimum absolute atomic E-state index is 0.146. The molecule has 3 rings (SSSR count). The summed E-state index contributed by atoms with van der Waals surface area (Å²) in [7, 11) is 2.14. The highest BCUT2D eigenvalue weighted by molar-refractivity contribution is 5.69. The summed E-state index contributed by atoms with van der Waals surface area (Å²) in [5.41, 5.74) is 3.98. The summed E-state index contributed by atoms with van der Waals surface area (Å²) in [6.45, 7) is 2.94. The van der Waals surface area contributed by atoms with E-state index in [1.165, 1.54) is 36.1 Å². The zero-order valence-corrected chi connectivity index (χ0v) is 12.7. The average Bonchev–Trinajstić information content (AvgIpc) is 3.22. The van der Waals surface area contributed by atoms with Crippen LogP contribution in [0.5, 0.6) is 0 Å². The Kier molecular flexibility index (Phi) is 4.15. The van der Waals surface area contributed by atoms with Crippen molar-refractivity contribution in [2.75, 3.05) is 31.6 Å². The number of carboxylic acids is 1. The fourth-order valence-electron chi connectivity index (χ4n) is 3.24. The number of carbonyl (C=O) groups is 1. The summed E-state index contributed by atoms with van der Waals surface area (Å²) in [6, 6.07) is 6.62. The molecule has 0 amide bonds. The van der Waals surface area contributed by atoms with E-state index in [-0.39, 0.29) is 6.54 Å². The fraction of sp³-hybridized carbons (Fsp3) is 0.588.